The van der Waals surface area contributed by atoms with E-state index in [1.807, 2.05) is 0 Å². The topological polar surface area (TPSA) is 95.7 Å². The molecule has 0 fully saturated rings. The zero-order chi connectivity index (χ0) is 9.10. The van der Waals surface area contributed by atoms with E-state index in [4.69, 9.17) is 10.3 Å². The molecule has 0 radical (unpaired) electrons. The summed E-state index contributed by atoms with van der Waals surface area (Å²) in [5.41, 5.74) is 5.38. The highest BCUT2D eigenvalue weighted by Crippen LogP contribution is 2.05. The summed E-state index contributed by atoms with van der Waals surface area (Å²) in [6, 6.07) is 1.68. The molecule has 0 bridgehead atoms. The number of aryl methyl sites for hydroxylation is 2. The van der Waals surface area contributed by atoms with Crippen LogP contribution < -0.4 is 5.73 Å². The molecule has 0 aliphatic carbocycles. The molecule has 2 aromatic rings. The van der Waals surface area contributed by atoms with E-state index in [0.29, 0.717) is 18.8 Å². The first-order valence-corrected chi connectivity index (χ1v) is 3.76. The van der Waals surface area contributed by atoms with Gasteiger partial charge in [0.1, 0.15) is 12.1 Å². The summed E-state index contributed by atoms with van der Waals surface area (Å²) in [4.78, 5) is 0. The molecule has 0 spiro atoms. The Balaban J connectivity index is 1.93. The van der Waals surface area contributed by atoms with E-state index in [2.05, 4.69) is 20.7 Å². The minimum atomic E-state index is 0.395. The normalized spacial score (nSPS) is 10.5. The molecular formula is C6H8N6O. The van der Waals surface area contributed by atoms with Crippen molar-refractivity contribution < 1.29 is 4.52 Å². The summed E-state index contributed by atoms with van der Waals surface area (Å²) in [7, 11) is 0. The Morgan fingerprint density at radius 3 is 3.08 bits per heavy atom. The van der Waals surface area contributed by atoms with Gasteiger partial charge in [-0.05, 0) is 10.4 Å². The lowest BCUT2D eigenvalue weighted by Crippen LogP contribution is -2.01. The molecule has 2 aromatic heterocycles. The Kier molecular flexibility index (Phi) is 1.91. The minimum absolute atomic E-state index is 0.395. The lowest BCUT2D eigenvalue weighted by atomic mass is 10.3. The maximum atomic E-state index is 5.38. The molecule has 2 rings (SSSR count). The van der Waals surface area contributed by atoms with Crippen molar-refractivity contribution >= 4 is 5.82 Å². The number of tetrazole rings is 1. The highest BCUT2D eigenvalue weighted by Gasteiger charge is 2.01. The molecule has 7 heteroatoms. The van der Waals surface area contributed by atoms with E-state index in [1.54, 1.807) is 17.1 Å². The van der Waals surface area contributed by atoms with Gasteiger partial charge in [-0.2, -0.15) is 0 Å². The zero-order valence-electron chi connectivity index (χ0n) is 6.79. The van der Waals surface area contributed by atoms with E-state index in [-0.39, 0.29) is 0 Å². The highest BCUT2D eigenvalue weighted by molar-refractivity contribution is 5.26. The number of nitrogens with zero attached hydrogens (tertiary/aromatic N) is 5. The monoisotopic (exact) mass is 180 g/mol. The number of anilines is 1. The first-order chi connectivity index (χ1) is 6.34. The molecule has 2 heterocycles. The molecule has 7 nitrogen and oxygen atoms in total. The minimum Gasteiger partial charge on any atom is -0.381 e. The first-order valence-electron chi connectivity index (χ1n) is 3.76. The molecule has 0 aliphatic rings. The Hall–Kier alpha value is -1.92. The molecule has 0 saturated carbocycles. The van der Waals surface area contributed by atoms with Gasteiger partial charge in [0.2, 0.25) is 0 Å². The van der Waals surface area contributed by atoms with Gasteiger partial charge in [0.15, 0.2) is 5.82 Å². The molecule has 0 aromatic carbocycles. The van der Waals surface area contributed by atoms with Crippen molar-refractivity contribution in [2.45, 2.75) is 13.0 Å². The van der Waals surface area contributed by atoms with E-state index in [0.717, 1.165) is 5.76 Å². The van der Waals surface area contributed by atoms with Crippen molar-refractivity contribution in [3.63, 3.8) is 0 Å². The molecule has 0 aliphatic heterocycles. The number of aromatic nitrogens is 5. The average molecular weight is 180 g/mol. The standard InChI is InChI=1S/C6H8N6O/c7-6-3-5(13-9-6)1-2-12-4-8-10-11-12/h3-4H,1-2H2,(H2,7,9). The Labute approximate surface area is 73.5 Å². The largest absolute Gasteiger partial charge is 0.381 e. The Morgan fingerprint density at radius 1 is 1.54 bits per heavy atom. The number of rotatable bonds is 3. The quantitative estimate of drug-likeness (QED) is 0.683. The van der Waals surface area contributed by atoms with Crippen LogP contribution in [0.15, 0.2) is 16.9 Å². The van der Waals surface area contributed by atoms with Gasteiger partial charge in [-0.3, -0.25) is 0 Å². The molecule has 0 unspecified atom stereocenters. The van der Waals surface area contributed by atoms with Crippen LogP contribution in [0.4, 0.5) is 5.82 Å². The van der Waals surface area contributed by atoms with Crippen LogP contribution in [0.3, 0.4) is 0 Å². The summed E-state index contributed by atoms with van der Waals surface area (Å²) in [5.74, 6) is 1.12. The molecule has 0 atom stereocenters. The van der Waals surface area contributed by atoms with Gasteiger partial charge in [0.25, 0.3) is 0 Å². The maximum absolute atomic E-state index is 5.38. The smallest absolute Gasteiger partial charge is 0.167 e. The summed E-state index contributed by atoms with van der Waals surface area (Å²) in [6.45, 7) is 0.654. The highest BCUT2D eigenvalue weighted by atomic mass is 16.5. The molecular weight excluding hydrogens is 172 g/mol. The van der Waals surface area contributed by atoms with Crippen molar-refractivity contribution in [1.29, 1.82) is 0 Å². The second-order valence-corrected chi connectivity index (χ2v) is 2.54. The predicted octanol–water partition coefficient (Wildman–Crippen LogP) is -0.514. The average Bonchev–Trinajstić information content (AvgIpc) is 2.71. The molecule has 68 valence electrons. The fourth-order valence-corrected chi connectivity index (χ4v) is 0.954. The maximum Gasteiger partial charge on any atom is 0.167 e. The predicted molar refractivity (Wildman–Crippen MR) is 42.4 cm³/mol. The summed E-state index contributed by atoms with van der Waals surface area (Å²) in [6.07, 6.45) is 2.22. The van der Waals surface area contributed by atoms with Crippen LogP contribution in [0.1, 0.15) is 5.76 Å². The third-order valence-electron chi connectivity index (χ3n) is 1.56. The van der Waals surface area contributed by atoms with Crippen LogP contribution in [0.2, 0.25) is 0 Å². The zero-order valence-corrected chi connectivity index (χ0v) is 6.79. The summed E-state index contributed by atoms with van der Waals surface area (Å²) in [5, 5.41) is 14.3. The number of hydrogen-bond acceptors (Lipinski definition) is 6. The van der Waals surface area contributed by atoms with Crippen LogP contribution >= 0.6 is 0 Å². The number of nitrogen functional groups attached to an aromatic ring is 1. The summed E-state index contributed by atoms with van der Waals surface area (Å²) >= 11 is 0. The van der Waals surface area contributed by atoms with Gasteiger partial charge in [-0.25, -0.2) is 4.68 Å². The van der Waals surface area contributed by atoms with Gasteiger partial charge in [0.05, 0.1) is 6.54 Å². The van der Waals surface area contributed by atoms with Gasteiger partial charge in [0, 0.05) is 12.5 Å². The number of hydrogen-bond donors (Lipinski definition) is 1. The molecule has 0 saturated heterocycles. The number of nitrogens with two attached hydrogens (primary N) is 1. The van der Waals surface area contributed by atoms with E-state index >= 15 is 0 Å². The second kappa shape index (κ2) is 3.21. The SMILES string of the molecule is Nc1cc(CCn2cnnn2)on1. The lowest BCUT2D eigenvalue weighted by molar-refractivity contribution is 0.376. The van der Waals surface area contributed by atoms with Crippen molar-refractivity contribution in [1.82, 2.24) is 25.4 Å². The van der Waals surface area contributed by atoms with Crippen LogP contribution in [-0.4, -0.2) is 25.4 Å². The second-order valence-electron chi connectivity index (χ2n) is 2.54. The third-order valence-corrected chi connectivity index (χ3v) is 1.56. The molecule has 13 heavy (non-hydrogen) atoms. The van der Waals surface area contributed by atoms with E-state index < -0.39 is 0 Å². The van der Waals surface area contributed by atoms with Crippen molar-refractivity contribution in [2.24, 2.45) is 0 Å². The fraction of sp³-hybridized carbons (Fsp3) is 0.333. The van der Waals surface area contributed by atoms with Crippen LogP contribution in [-0.2, 0) is 13.0 Å². The van der Waals surface area contributed by atoms with Crippen molar-refractivity contribution in [2.75, 3.05) is 5.73 Å². The van der Waals surface area contributed by atoms with Crippen LogP contribution in [0.5, 0.6) is 0 Å². The first kappa shape index (κ1) is 7.71. The third kappa shape index (κ3) is 1.81. The van der Waals surface area contributed by atoms with E-state index in [9.17, 15) is 0 Å². The van der Waals surface area contributed by atoms with Crippen LogP contribution in [0.25, 0.3) is 0 Å². The Bertz CT molecular complexity index is 366. The Morgan fingerprint density at radius 2 is 2.46 bits per heavy atom. The van der Waals surface area contributed by atoms with Gasteiger partial charge in [-0.1, -0.05) is 5.16 Å². The van der Waals surface area contributed by atoms with Gasteiger partial charge >= 0.3 is 0 Å². The van der Waals surface area contributed by atoms with Crippen LogP contribution in [0, 0.1) is 0 Å². The van der Waals surface area contributed by atoms with E-state index in [1.165, 1.54) is 0 Å². The fourth-order valence-electron chi connectivity index (χ4n) is 0.954. The van der Waals surface area contributed by atoms with Gasteiger partial charge < -0.3 is 10.3 Å². The van der Waals surface area contributed by atoms with Crippen molar-refractivity contribution in [3.05, 3.63) is 18.2 Å². The van der Waals surface area contributed by atoms with Gasteiger partial charge in [-0.15, -0.1) is 5.10 Å². The van der Waals surface area contributed by atoms with Crippen molar-refractivity contribution in [3.8, 4) is 0 Å². The molecule has 2 N–H and O–H groups in total. The summed E-state index contributed by atoms with van der Waals surface area (Å²) < 4.78 is 6.52. The molecule has 0 amide bonds. The lowest BCUT2D eigenvalue weighted by Gasteiger charge is -1.93.